The van der Waals surface area contributed by atoms with Crippen LogP contribution in [0.25, 0.3) is 0 Å². The molecule has 6 aliphatic rings. The SMILES string of the molecule is CNC(O)(O)C(=O)NCCC12CCC3C(CCC4C3CCC3C(C)(C)C(CC(=O)C5CC(C(=O)O)C5C)CCC43C)C1=C(C(C)C)C(=O)C2. The number of rotatable bonds is 10. The lowest BCUT2D eigenvalue weighted by molar-refractivity contribution is -0.195. The maximum atomic E-state index is 13.7. The number of carbonyl (C=O) groups is 4. The third-order valence-corrected chi connectivity index (χ3v) is 15.9. The zero-order valence-electron chi connectivity index (χ0n) is 30.9. The molecule has 0 heterocycles. The molecular formula is C40H62N2O7. The Balaban J connectivity index is 1.18. The van der Waals surface area contributed by atoms with Crippen molar-refractivity contribution in [1.82, 2.24) is 10.6 Å². The number of carboxylic acid groups (broad SMARTS) is 1. The number of carbonyl (C=O) groups excluding carboxylic acids is 3. The number of amides is 1. The van der Waals surface area contributed by atoms with Crippen LogP contribution in [0.1, 0.15) is 119 Å². The number of fused-ring (bicyclic) bond motifs is 7. The minimum atomic E-state index is -2.63. The van der Waals surface area contributed by atoms with E-state index in [-0.39, 0.29) is 58.0 Å². The van der Waals surface area contributed by atoms with Crippen LogP contribution < -0.4 is 10.6 Å². The molecular weight excluding hydrogens is 620 g/mol. The van der Waals surface area contributed by atoms with Crippen molar-refractivity contribution in [2.24, 2.45) is 75.4 Å². The Hall–Kier alpha value is -2.10. The van der Waals surface area contributed by atoms with Crippen LogP contribution in [0.5, 0.6) is 0 Å². The molecule has 6 aliphatic carbocycles. The lowest BCUT2D eigenvalue weighted by Gasteiger charge is -2.65. The zero-order chi connectivity index (χ0) is 35.8. The normalized spacial score (nSPS) is 41.3. The average molecular weight is 683 g/mol. The van der Waals surface area contributed by atoms with E-state index in [0.717, 1.165) is 44.1 Å². The van der Waals surface area contributed by atoms with Gasteiger partial charge in [0.15, 0.2) is 5.78 Å². The second kappa shape index (κ2) is 12.8. The predicted octanol–water partition coefficient (Wildman–Crippen LogP) is 5.48. The van der Waals surface area contributed by atoms with Crippen molar-refractivity contribution in [3.63, 3.8) is 0 Å². The van der Waals surface area contributed by atoms with Gasteiger partial charge in [-0.2, -0.15) is 0 Å². The Morgan fingerprint density at radius 3 is 2.31 bits per heavy atom. The Morgan fingerprint density at radius 1 is 0.959 bits per heavy atom. The van der Waals surface area contributed by atoms with Crippen LogP contribution in [0.4, 0.5) is 0 Å². The summed E-state index contributed by atoms with van der Waals surface area (Å²) in [5.41, 5.74) is 2.36. The van der Waals surface area contributed by atoms with Gasteiger partial charge in [-0.05, 0) is 135 Å². The van der Waals surface area contributed by atoms with E-state index in [2.05, 4.69) is 45.3 Å². The summed E-state index contributed by atoms with van der Waals surface area (Å²) in [4.78, 5) is 51.1. The molecule has 6 rings (SSSR count). The van der Waals surface area contributed by atoms with E-state index in [1.165, 1.54) is 25.5 Å². The molecule has 0 aromatic heterocycles. The van der Waals surface area contributed by atoms with Crippen molar-refractivity contribution in [1.29, 1.82) is 0 Å². The molecule has 274 valence electrons. The quantitative estimate of drug-likeness (QED) is 0.190. The molecule has 49 heavy (non-hydrogen) atoms. The average Bonchev–Trinajstić information content (AvgIpc) is 3.33. The van der Waals surface area contributed by atoms with Gasteiger partial charge in [0.1, 0.15) is 5.78 Å². The molecule has 5 saturated carbocycles. The highest BCUT2D eigenvalue weighted by Gasteiger charge is 2.63. The van der Waals surface area contributed by atoms with Gasteiger partial charge in [-0.25, -0.2) is 0 Å². The van der Waals surface area contributed by atoms with E-state index in [0.29, 0.717) is 61.2 Å². The van der Waals surface area contributed by atoms with Crippen LogP contribution in [-0.4, -0.2) is 58.3 Å². The summed E-state index contributed by atoms with van der Waals surface area (Å²) in [6.07, 6.45) is 11.0. The molecule has 0 aliphatic heterocycles. The summed E-state index contributed by atoms with van der Waals surface area (Å²) in [6, 6.07) is 0. The van der Waals surface area contributed by atoms with Crippen LogP contribution >= 0.6 is 0 Å². The van der Waals surface area contributed by atoms with Crippen LogP contribution in [0.3, 0.4) is 0 Å². The molecule has 0 aromatic rings. The highest BCUT2D eigenvalue weighted by molar-refractivity contribution is 6.00. The monoisotopic (exact) mass is 682 g/mol. The van der Waals surface area contributed by atoms with E-state index < -0.39 is 17.8 Å². The standard InChI is InChI=1S/C40H62N2O7/c1-21(2)33-31(44)20-39(16-17-42-36(47)40(48,49)41-7)15-13-24-25-9-11-32-37(4,5)23(18-30(43)27-19-28(22(27)3)35(45)46)12-14-38(32,6)29(25)10-8-26(24)34(33)39/h21-29,32,41,48-49H,8-20H2,1-7H3,(H,42,47)(H,45,46). The summed E-state index contributed by atoms with van der Waals surface area (Å²) in [6.45, 7) is 13.9. The second-order valence-corrected chi connectivity index (χ2v) is 18.5. The van der Waals surface area contributed by atoms with E-state index in [4.69, 9.17) is 0 Å². The van der Waals surface area contributed by atoms with Crippen molar-refractivity contribution >= 4 is 23.4 Å². The molecule has 5 fully saturated rings. The molecule has 1 amide bonds. The van der Waals surface area contributed by atoms with Gasteiger partial charge in [-0.3, -0.25) is 24.5 Å². The number of nitrogens with one attached hydrogen (secondary N) is 2. The fraction of sp³-hybridized carbons (Fsp3) is 0.850. The topological polar surface area (TPSA) is 153 Å². The molecule has 0 saturated heterocycles. The van der Waals surface area contributed by atoms with Crippen LogP contribution in [-0.2, 0) is 19.2 Å². The highest BCUT2D eigenvalue weighted by atomic mass is 16.5. The maximum Gasteiger partial charge on any atom is 0.306 e. The second-order valence-electron chi connectivity index (χ2n) is 18.5. The summed E-state index contributed by atoms with van der Waals surface area (Å²) < 4.78 is 0. The van der Waals surface area contributed by atoms with Gasteiger partial charge in [0.25, 0.3) is 5.91 Å². The number of Topliss-reactive ketones (excluding diaryl/α,β-unsaturated/α-hetero) is 2. The number of aliphatic carboxylic acids is 1. The Morgan fingerprint density at radius 2 is 1.67 bits per heavy atom. The predicted molar refractivity (Wildman–Crippen MR) is 186 cm³/mol. The van der Waals surface area contributed by atoms with Crippen LogP contribution in [0.15, 0.2) is 11.1 Å². The van der Waals surface area contributed by atoms with Gasteiger partial charge < -0.3 is 20.6 Å². The van der Waals surface area contributed by atoms with Crippen molar-refractivity contribution in [2.45, 2.75) is 125 Å². The summed E-state index contributed by atoms with van der Waals surface area (Å²) >= 11 is 0. The number of hydrogen-bond donors (Lipinski definition) is 5. The van der Waals surface area contributed by atoms with E-state index in [9.17, 15) is 34.5 Å². The third-order valence-electron chi connectivity index (χ3n) is 15.9. The lowest BCUT2D eigenvalue weighted by Crippen LogP contribution is -2.58. The zero-order valence-corrected chi connectivity index (χ0v) is 30.9. The molecule has 5 N–H and O–H groups in total. The molecule has 11 atom stereocenters. The lowest BCUT2D eigenvalue weighted by atomic mass is 9.39. The Kier molecular flexibility index (Phi) is 9.61. The first-order valence-corrected chi connectivity index (χ1v) is 19.3. The van der Waals surface area contributed by atoms with Gasteiger partial charge >= 0.3 is 11.9 Å². The van der Waals surface area contributed by atoms with Gasteiger partial charge in [-0.1, -0.05) is 47.1 Å². The fourth-order valence-corrected chi connectivity index (χ4v) is 13.2. The van der Waals surface area contributed by atoms with Gasteiger partial charge in [0.05, 0.1) is 5.92 Å². The third kappa shape index (κ3) is 5.86. The van der Waals surface area contributed by atoms with Crippen molar-refractivity contribution in [2.75, 3.05) is 13.6 Å². The molecule has 0 radical (unpaired) electrons. The summed E-state index contributed by atoms with van der Waals surface area (Å²) in [5.74, 6) is -1.11. The van der Waals surface area contributed by atoms with Gasteiger partial charge in [0, 0.05) is 30.7 Å². The first-order valence-electron chi connectivity index (χ1n) is 19.3. The molecule has 9 heteroatoms. The fourth-order valence-electron chi connectivity index (χ4n) is 13.2. The van der Waals surface area contributed by atoms with Crippen LogP contribution in [0, 0.1) is 75.4 Å². The molecule has 0 aromatic carbocycles. The number of carboxylic acids is 1. The molecule has 0 spiro atoms. The number of hydrogen-bond acceptors (Lipinski definition) is 7. The Bertz CT molecular complexity index is 1400. The summed E-state index contributed by atoms with van der Waals surface area (Å²) in [7, 11) is 1.32. The van der Waals surface area contributed by atoms with E-state index in [1.807, 2.05) is 6.92 Å². The molecule has 0 bridgehead atoms. The first kappa shape index (κ1) is 36.7. The highest BCUT2D eigenvalue weighted by Crippen LogP contribution is 2.70. The van der Waals surface area contributed by atoms with Crippen molar-refractivity contribution in [3.8, 4) is 0 Å². The summed E-state index contributed by atoms with van der Waals surface area (Å²) in [5, 5.41) is 34.3. The van der Waals surface area contributed by atoms with Crippen molar-refractivity contribution in [3.05, 3.63) is 11.1 Å². The minimum Gasteiger partial charge on any atom is -0.481 e. The number of ketones is 2. The first-order chi connectivity index (χ1) is 22.9. The molecule has 11 unspecified atom stereocenters. The van der Waals surface area contributed by atoms with Gasteiger partial charge in [-0.15, -0.1) is 0 Å². The number of aliphatic hydroxyl groups is 2. The Labute approximate surface area is 292 Å². The van der Waals surface area contributed by atoms with E-state index >= 15 is 0 Å². The minimum absolute atomic E-state index is 0.0368. The number of allylic oxidation sites excluding steroid dienone is 2. The molecule has 9 nitrogen and oxygen atoms in total. The van der Waals surface area contributed by atoms with Gasteiger partial charge in [0.2, 0.25) is 0 Å². The smallest absolute Gasteiger partial charge is 0.306 e. The number of likely N-dealkylation sites (N-methyl/N-ethyl adjacent to an activating group) is 1. The largest absolute Gasteiger partial charge is 0.481 e. The van der Waals surface area contributed by atoms with E-state index in [1.54, 1.807) is 0 Å². The van der Waals surface area contributed by atoms with Crippen LogP contribution in [0.2, 0.25) is 0 Å². The van der Waals surface area contributed by atoms with Crippen molar-refractivity contribution < 1.29 is 34.5 Å². The maximum absolute atomic E-state index is 13.7.